The van der Waals surface area contributed by atoms with Crippen LogP contribution in [0.1, 0.15) is 24.6 Å². The summed E-state index contributed by atoms with van der Waals surface area (Å²) in [7, 11) is 6.22. The van der Waals surface area contributed by atoms with Crippen LogP contribution >= 0.6 is 15.9 Å². The molecule has 1 unspecified atom stereocenters. The molecule has 0 aromatic carbocycles. The van der Waals surface area contributed by atoms with Crippen molar-refractivity contribution in [3.63, 3.8) is 0 Å². The van der Waals surface area contributed by atoms with Crippen LogP contribution in [-0.4, -0.2) is 55.6 Å². The van der Waals surface area contributed by atoms with Gasteiger partial charge in [0.1, 0.15) is 0 Å². The van der Waals surface area contributed by atoms with Crippen molar-refractivity contribution in [1.29, 1.82) is 0 Å². The van der Waals surface area contributed by atoms with Crippen LogP contribution in [0.25, 0.3) is 0 Å². The molecule has 5 nitrogen and oxygen atoms in total. The first-order valence-corrected chi connectivity index (χ1v) is 8.03. The zero-order valence-corrected chi connectivity index (χ0v) is 14.2. The van der Waals surface area contributed by atoms with Gasteiger partial charge in [-0.25, -0.2) is 0 Å². The number of likely N-dealkylation sites (N-methyl/N-ethyl adjacent to an activating group) is 1. The highest BCUT2D eigenvalue weighted by atomic mass is 79.9. The van der Waals surface area contributed by atoms with E-state index in [1.807, 2.05) is 13.2 Å². The number of hydrogen-bond donors (Lipinski definition) is 1. The van der Waals surface area contributed by atoms with Crippen molar-refractivity contribution in [2.75, 3.05) is 40.9 Å². The fourth-order valence-electron chi connectivity index (χ4n) is 2.80. The van der Waals surface area contributed by atoms with E-state index < -0.39 is 0 Å². The zero-order chi connectivity index (χ0) is 14.5. The summed E-state index contributed by atoms with van der Waals surface area (Å²) in [4.78, 5) is 2.18. The Balaban J connectivity index is 2.17. The molecule has 1 atom stereocenters. The van der Waals surface area contributed by atoms with E-state index in [0.717, 1.165) is 43.6 Å². The molecule has 1 aromatic rings. The van der Waals surface area contributed by atoms with E-state index in [0.29, 0.717) is 12.0 Å². The molecule has 1 fully saturated rings. The van der Waals surface area contributed by atoms with E-state index in [9.17, 15) is 0 Å². The molecule has 0 spiro atoms. The van der Waals surface area contributed by atoms with E-state index in [1.165, 1.54) is 5.69 Å². The third-order valence-corrected chi connectivity index (χ3v) is 4.55. The lowest BCUT2D eigenvalue weighted by Crippen LogP contribution is -2.32. The number of nitrogens with one attached hydrogen (secondary N) is 1. The first kappa shape index (κ1) is 15.9. The summed E-state index contributed by atoms with van der Waals surface area (Å²) in [5.74, 6) is 0.611. The highest BCUT2D eigenvalue weighted by Crippen LogP contribution is 2.33. The smallest absolute Gasteiger partial charge is 0.0699 e. The summed E-state index contributed by atoms with van der Waals surface area (Å²) in [6.07, 6.45) is 4.13. The molecular formula is C14H25BrN4O. The lowest BCUT2D eigenvalue weighted by Gasteiger charge is -2.31. The minimum Gasteiger partial charge on any atom is -0.381 e. The third kappa shape index (κ3) is 3.81. The third-order valence-electron chi connectivity index (χ3n) is 3.94. The van der Waals surface area contributed by atoms with E-state index in [1.54, 1.807) is 0 Å². The Hall–Kier alpha value is -0.430. The predicted octanol–water partition coefficient (Wildman–Crippen LogP) is 1.89. The van der Waals surface area contributed by atoms with Gasteiger partial charge < -0.3 is 15.0 Å². The number of rotatable bonds is 6. The van der Waals surface area contributed by atoms with Crippen LogP contribution in [0, 0.1) is 5.92 Å². The highest BCUT2D eigenvalue weighted by Gasteiger charge is 2.28. The quantitative estimate of drug-likeness (QED) is 0.855. The van der Waals surface area contributed by atoms with Gasteiger partial charge in [0, 0.05) is 19.8 Å². The van der Waals surface area contributed by atoms with Crippen LogP contribution in [-0.2, 0) is 11.3 Å². The number of aromatic nitrogens is 2. The van der Waals surface area contributed by atoms with Crippen molar-refractivity contribution in [3.05, 3.63) is 16.4 Å². The largest absolute Gasteiger partial charge is 0.381 e. The summed E-state index contributed by atoms with van der Waals surface area (Å²) in [6, 6.07) is 0.331. The van der Waals surface area contributed by atoms with Crippen LogP contribution in [0.4, 0.5) is 0 Å². The van der Waals surface area contributed by atoms with Gasteiger partial charge in [-0.2, -0.15) is 5.10 Å². The molecule has 1 aromatic heterocycles. The van der Waals surface area contributed by atoms with Crippen molar-refractivity contribution in [2.45, 2.75) is 25.4 Å². The van der Waals surface area contributed by atoms with Gasteiger partial charge in [0.25, 0.3) is 0 Å². The van der Waals surface area contributed by atoms with Crippen LogP contribution in [0.5, 0.6) is 0 Å². The molecule has 2 rings (SSSR count). The van der Waals surface area contributed by atoms with Gasteiger partial charge in [0.05, 0.1) is 29.0 Å². The normalized spacial score (nSPS) is 18.6. The fraction of sp³-hybridized carbons (Fsp3) is 0.786. The first-order chi connectivity index (χ1) is 9.63. The van der Waals surface area contributed by atoms with Gasteiger partial charge in [0.2, 0.25) is 0 Å². The Kier molecular flexibility index (Phi) is 6.01. The summed E-state index contributed by atoms with van der Waals surface area (Å²) in [5, 5.41) is 8.01. The highest BCUT2D eigenvalue weighted by molar-refractivity contribution is 9.10. The van der Waals surface area contributed by atoms with Crippen molar-refractivity contribution in [2.24, 2.45) is 5.92 Å². The Bertz CT molecular complexity index is 415. The molecule has 2 heterocycles. The topological polar surface area (TPSA) is 42.3 Å². The van der Waals surface area contributed by atoms with E-state index in [-0.39, 0.29) is 0 Å². The molecule has 1 aliphatic heterocycles. The maximum atomic E-state index is 5.48. The molecule has 0 radical (unpaired) electrons. The SMILES string of the molecule is CNC(c1c(Br)cnn1CCN(C)C)C1CCOCC1. The molecule has 20 heavy (non-hydrogen) atoms. The predicted molar refractivity (Wildman–Crippen MR) is 83.8 cm³/mol. The Morgan fingerprint density at radius 1 is 1.50 bits per heavy atom. The molecule has 1 saturated heterocycles. The first-order valence-electron chi connectivity index (χ1n) is 7.24. The summed E-state index contributed by atoms with van der Waals surface area (Å²) in [6.45, 7) is 3.64. The molecule has 0 amide bonds. The molecule has 0 aliphatic carbocycles. The average Bonchev–Trinajstić information content (AvgIpc) is 2.80. The minimum atomic E-state index is 0.331. The van der Waals surface area contributed by atoms with Gasteiger partial charge >= 0.3 is 0 Å². The van der Waals surface area contributed by atoms with Gasteiger partial charge in [-0.15, -0.1) is 0 Å². The molecule has 1 aliphatic rings. The zero-order valence-electron chi connectivity index (χ0n) is 12.6. The number of ether oxygens (including phenoxy) is 1. The van der Waals surface area contributed by atoms with E-state index in [2.05, 4.69) is 50.0 Å². The van der Waals surface area contributed by atoms with Gasteiger partial charge in [-0.1, -0.05) is 0 Å². The second-order valence-electron chi connectivity index (χ2n) is 5.62. The van der Waals surface area contributed by atoms with Crippen molar-refractivity contribution in [3.8, 4) is 0 Å². The lowest BCUT2D eigenvalue weighted by molar-refractivity contribution is 0.0533. The molecule has 0 saturated carbocycles. The van der Waals surface area contributed by atoms with Gasteiger partial charge in [0.15, 0.2) is 0 Å². The molecule has 6 heteroatoms. The van der Waals surface area contributed by atoms with Crippen LogP contribution < -0.4 is 5.32 Å². The monoisotopic (exact) mass is 344 g/mol. The Morgan fingerprint density at radius 2 is 2.20 bits per heavy atom. The van der Waals surface area contributed by atoms with Gasteiger partial charge in [-0.05, 0) is 55.8 Å². The Labute approximate surface area is 129 Å². The number of nitrogens with zero attached hydrogens (tertiary/aromatic N) is 3. The minimum absolute atomic E-state index is 0.331. The Morgan fingerprint density at radius 3 is 2.80 bits per heavy atom. The maximum absolute atomic E-state index is 5.48. The van der Waals surface area contributed by atoms with E-state index >= 15 is 0 Å². The van der Waals surface area contributed by atoms with Crippen molar-refractivity contribution in [1.82, 2.24) is 20.0 Å². The van der Waals surface area contributed by atoms with E-state index in [4.69, 9.17) is 4.74 Å². The van der Waals surface area contributed by atoms with Gasteiger partial charge in [-0.3, -0.25) is 4.68 Å². The summed E-state index contributed by atoms with van der Waals surface area (Å²) < 4.78 is 8.71. The molecular weight excluding hydrogens is 320 g/mol. The second-order valence-corrected chi connectivity index (χ2v) is 6.47. The number of hydrogen-bond acceptors (Lipinski definition) is 4. The van der Waals surface area contributed by atoms with Crippen molar-refractivity contribution >= 4 is 15.9 Å². The molecule has 1 N–H and O–H groups in total. The summed E-state index contributed by atoms with van der Waals surface area (Å²) >= 11 is 3.66. The standard InChI is InChI=1S/C14H25BrN4O/c1-16-13(11-4-8-20-9-5-11)14-12(15)10-17-19(14)7-6-18(2)3/h10-11,13,16H,4-9H2,1-3H3. The van der Waals surface area contributed by atoms with Crippen LogP contribution in [0.2, 0.25) is 0 Å². The van der Waals surface area contributed by atoms with Crippen LogP contribution in [0.15, 0.2) is 10.7 Å². The second kappa shape index (κ2) is 7.54. The molecule has 114 valence electrons. The maximum Gasteiger partial charge on any atom is 0.0699 e. The molecule has 0 bridgehead atoms. The summed E-state index contributed by atoms with van der Waals surface area (Å²) in [5.41, 5.74) is 1.27. The van der Waals surface area contributed by atoms with Crippen LogP contribution in [0.3, 0.4) is 0 Å². The fourth-order valence-corrected chi connectivity index (χ4v) is 3.34. The lowest BCUT2D eigenvalue weighted by atomic mass is 9.89. The van der Waals surface area contributed by atoms with Crippen molar-refractivity contribution < 1.29 is 4.74 Å². The number of halogens is 1. The average molecular weight is 345 g/mol.